The summed E-state index contributed by atoms with van der Waals surface area (Å²) >= 11 is 6.06. The van der Waals surface area contributed by atoms with Crippen LogP contribution in [0.15, 0.2) is 40.7 Å². The van der Waals surface area contributed by atoms with Gasteiger partial charge in [-0.25, -0.2) is 0 Å². The summed E-state index contributed by atoms with van der Waals surface area (Å²) in [6, 6.07) is 4.58. The Kier molecular flexibility index (Phi) is 5.88. The third kappa shape index (κ3) is 4.06. The molecule has 0 bridgehead atoms. The SMILES string of the molecule is CC1=C(C(=O)N2CCCCC2)[C@@H](c2ccc(Cl)c([N+](=O)[O-])c2)C2=C(CC(C)(C)CC2=O)N1. The van der Waals surface area contributed by atoms with Crippen molar-refractivity contribution in [3.63, 3.8) is 0 Å². The smallest absolute Gasteiger partial charge is 0.288 e. The highest BCUT2D eigenvalue weighted by Crippen LogP contribution is 2.47. The maximum absolute atomic E-state index is 13.7. The normalized spacial score (nSPS) is 23.1. The van der Waals surface area contributed by atoms with E-state index in [-0.39, 0.29) is 27.8 Å². The van der Waals surface area contributed by atoms with Crippen molar-refractivity contribution in [2.75, 3.05) is 13.1 Å². The number of rotatable bonds is 3. The second-order valence-corrected chi connectivity index (χ2v) is 10.2. The van der Waals surface area contributed by atoms with Crippen molar-refractivity contribution < 1.29 is 14.5 Å². The van der Waals surface area contributed by atoms with Gasteiger partial charge in [0.2, 0.25) is 0 Å². The molecule has 1 aromatic rings. The second-order valence-electron chi connectivity index (χ2n) is 9.75. The maximum Gasteiger partial charge on any atom is 0.288 e. The number of dihydropyridines is 1. The number of hydrogen-bond donors (Lipinski definition) is 1. The van der Waals surface area contributed by atoms with Crippen molar-refractivity contribution in [3.8, 4) is 0 Å². The number of carbonyl (C=O) groups is 2. The van der Waals surface area contributed by atoms with Crippen molar-refractivity contribution in [2.45, 2.75) is 58.8 Å². The predicted octanol–water partition coefficient (Wildman–Crippen LogP) is 4.86. The van der Waals surface area contributed by atoms with E-state index in [1.165, 1.54) is 12.1 Å². The number of benzene rings is 1. The number of piperidine rings is 1. The fourth-order valence-electron chi connectivity index (χ4n) is 5.17. The molecule has 4 rings (SSSR count). The third-order valence-corrected chi connectivity index (χ3v) is 6.93. The van der Waals surface area contributed by atoms with Gasteiger partial charge in [-0.3, -0.25) is 19.7 Å². The van der Waals surface area contributed by atoms with Gasteiger partial charge in [-0.15, -0.1) is 0 Å². The van der Waals surface area contributed by atoms with Crippen LogP contribution >= 0.6 is 11.6 Å². The number of nitrogens with one attached hydrogen (secondary N) is 1. The number of nitrogens with zero attached hydrogens (tertiary/aromatic N) is 2. The summed E-state index contributed by atoms with van der Waals surface area (Å²) in [5, 5.41) is 14.9. The summed E-state index contributed by atoms with van der Waals surface area (Å²) in [5.41, 5.74) is 2.67. The van der Waals surface area contributed by atoms with Crippen LogP contribution in [0.25, 0.3) is 0 Å². The molecule has 1 aromatic carbocycles. The van der Waals surface area contributed by atoms with Crippen LogP contribution in [0.2, 0.25) is 5.02 Å². The molecule has 2 heterocycles. The molecule has 0 unspecified atom stereocenters. The summed E-state index contributed by atoms with van der Waals surface area (Å²) in [7, 11) is 0. The number of ketones is 1. The Bertz CT molecular complexity index is 1070. The topological polar surface area (TPSA) is 92.6 Å². The van der Waals surface area contributed by atoms with Crippen LogP contribution in [0.4, 0.5) is 5.69 Å². The minimum Gasteiger partial charge on any atom is -0.362 e. The van der Waals surface area contributed by atoms with Crippen molar-refractivity contribution in [1.82, 2.24) is 10.2 Å². The standard InChI is InChI=1S/C24H28ClN3O4/c1-14-20(23(30)27-9-5-4-6-10-27)21(15-7-8-16(25)18(11-15)28(31)32)22-17(26-14)12-24(2,3)13-19(22)29/h7-8,11,21,26H,4-6,9-10,12-13H2,1-3H3/t21-/m1/s1. The number of Topliss-reactive ketones (excluding diaryl/α,β-unsaturated/α-hetero) is 1. The first-order valence-corrected chi connectivity index (χ1v) is 11.4. The van der Waals surface area contributed by atoms with Crippen molar-refractivity contribution in [1.29, 1.82) is 0 Å². The molecule has 1 N–H and O–H groups in total. The summed E-state index contributed by atoms with van der Waals surface area (Å²) in [4.78, 5) is 39.9. The fraction of sp³-hybridized carbons (Fsp3) is 0.500. The number of amides is 1. The molecule has 170 valence electrons. The number of carbonyl (C=O) groups excluding carboxylic acids is 2. The lowest BCUT2D eigenvalue weighted by Crippen LogP contribution is -2.43. The molecule has 3 aliphatic rings. The molecule has 0 radical (unpaired) electrons. The van der Waals surface area contributed by atoms with Gasteiger partial charge in [0.1, 0.15) is 5.02 Å². The number of likely N-dealkylation sites (tertiary alicyclic amines) is 1. The van der Waals surface area contributed by atoms with Gasteiger partial charge in [-0.05, 0) is 49.7 Å². The first-order valence-electron chi connectivity index (χ1n) is 11.1. The third-order valence-electron chi connectivity index (χ3n) is 6.61. The van der Waals surface area contributed by atoms with Gasteiger partial charge < -0.3 is 10.2 Å². The molecule has 1 fully saturated rings. The molecule has 32 heavy (non-hydrogen) atoms. The molecular weight excluding hydrogens is 430 g/mol. The lowest BCUT2D eigenvalue weighted by Gasteiger charge is -2.41. The van der Waals surface area contributed by atoms with Crippen LogP contribution in [-0.4, -0.2) is 34.6 Å². The summed E-state index contributed by atoms with van der Waals surface area (Å²) in [5.74, 6) is -0.787. The van der Waals surface area contributed by atoms with Gasteiger partial charge in [-0.2, -0.15) is 0 Å². The molecule has 0 spiro atoms. The molecule has 1 saturated heterocycles. The van der Waals surface area contributed by atoms with Gasteiger partial charge in [0.15, 0.2) is 5.78 Å². The van der Waals surface area contributed by atoms with Gasteiger partial charge in [0.25, 0.3) is 11.6 Å². The Morgan fingerprint density at radius 2 is 1.91 bits per heavy atom. The van der Waals surface area contributed by atoms with Crippen LogP contribution in [-0.2, 0) is 9.59 Å². The molecule has 1 amide bonds. The van der Waals surface area contributed by atoms with Crippen LogP contribution in [0, 0.1) is 15.5 Å². The Morgan fingerprint density at radius 3 is 2.56 bits per heavy atom. The summed E-state index contributed by atoms with van der Waals surface area (Å²) in [6.07, 6.45) is 4.02. The molecule has 1 aliphatic carbocycles. The lowest BCUT2D eigenvalue weighted by atomic mass is 9.68. The van der Waals surface area contributed by atoms with Gasteiger partial charge >= 0.3 is 0 Å². The average molecular weight is 458 g/mol. The molecule has 0 aromatic heterocycles. The fourth-order valence-corrected chi connectivity index (χ4v) is 5.36. The molecular formula is C24H28ClN3O4. The van der Waals surface area contributed by atoms with Crippen molar-refractivity contribution in [3.05, 3.63) is 61.4 Å². The minimum absolute atomic E-state index is 0.0252. The van der Waals surface area contributed by atoms with E-state index < -0.39 is 10.8 Å². The number of halogens is 1. The number of nitro benzene ring substituents is 1. The Hall–Kier alpha value is -2.67. The van der Waals surface area contributed by atoms with Gasteiger partial charge in [-0.1, -0.05) is 31.5 Å². The van der Waals surface area contributed by atoms with E-state index >= 15 is 0 Å². The van der Waals surface area contributed by atoms with E-state index in [9.17, 15) is 19.7 Å². The first kappa shape index (κ1) is 22.5. The van der Waals surface area contributed by atoms with Gasteiger partial charge in [0.05, 0.1) is 4.92 Å². The lowest BCUT2D eigenvalue weighted by molar-refractivity contribution is -0.384. The molecule has 0 saturated carbocycles. The van der Waals surface area contributed by atoms with Gasteiger partial charge in [0, 0.05) is 54.0 Å². The van der Waals surface area contributed by atoms with E-state index in [1.807, 2.05) is 25.7 Å². The molecule has 7 nitrogen and oxygen atoms in total. The van der Waals surface area contributed by atoms with Crippen molar-refractivity contribution >= 4 is 29.0 Å². The average Bonchev–Trinajstić information content (AvgIpc) is 2.72. The zero-order valence-corrected chi connectivity index (χ0v) is 19.4. The predicted molar refractivity (Wildman–Crippen MR) is 122 cm³/mol. The van der Waals surface area contributed by atoms with E-state index in [0.29, 0.717) is 48.3 Å². The van der Waals surface area contributed by atoms with Crippen LogP contribution in [0.1, 0.15) is 64.4 Å². The minimum atomic E-state index is -0.653. The van der Waals surface area contributed by atoms with Crippen LogP contribution < -0.4 is 5.32 Å². The highest BCUT2D eigenvalue weighted by atomic mass is 35.5. The van der Waals surface area contributed by atoms with E-state index in [2.05, 4.69) is 5.32 Å². The monoisotopic (exact) mass is 457 g/mol. The number of allylic oxidation sites excluding steroid dienone is 3. The van der Waals surface area contributed by atoms with E-state index in [4.69, 9.17) is 11.6 Å². The summed E-state index contributed by atoms with van der Waals surface area (Å²) in [6.45, 7) is 7.30. The van der Waals surface area contributed by atoms with Crippen LogP contribution in [0.5, 0.6) is 0 Å². The molecule has 1 atom stereocenters. The zero-order chi connectivity index (χ0) is 23.2. The Labute approximate surface area is 192 Å². The highest BCUT2D eigenvalue weighted by molar-refractivity contribution is 6.32. The highest BCUT2D eigenvalue weighted by Gasteiger charge is 2.44. The van der Waals surface area contributed by atoms with E-state index in [0.717, 1.165) is 25.0 Å². The second kappa shape index (κ2) is 8.35. The Morgan fingerprint density at radius 1 is 1.22 bits per heavy atom. The molecule has 8 heteroatoms. The zero-order valence-electron chi connectivity index (χ0n) is 18.7. The largest absolute Gasteiger partial charge is 0.362 e. The number of hydrogen-bond acceptors (Lipinski definition) is 5. The Balaban J connectivity index is 1.88. The first-order chi connectivity index (χ1) is 15.1. The maximum atomic E-state index is 13.7. The van der Waals surface area contributed by atoms with E-state index in [1.54, 1.807) is 6.07 Å². The van der Waals surface area contributed by atoms with Crippen LogP contribution in [0.3, 0.4) is 0 Å². The quantitative estimate of drug-likeness (QED) is 0.516. The molecule has 2 aliphatic heterocycles. The summed E-state index contributed by atoms with van der Waals surface area (Å²) < 4.78 is 0. The number of nitro groups is 1. The van der Waals surface area contributed by atoms with Crippen molar-refractivity contribution in [2.24, 2.45) is 5.41 Å².